The molecule has 0 aromatic carbocycles. The van der Waals surface area contributed by atoms with Gasteiger partial charge in [-0.3, -0.25) is 0 Å². The zero-order valence-electron chi connectivity index (χ0n) is 6.83. The van der Waals surface area contributed by atoms with E-state index in [0.29, 0.717) is 6.42 Å². The van der Waals surface area contributed by atoms with E-state index in [-0.39, 0.29) is 51.4 Å². The van der Waals surface area contributed by atoms with Gasteiger partial charge in [0, 0.05) is 6.42 Å². The summed E-state index contributed by atoms with van der Waals surface area (Å²) in [6.45, 7) is -2.96. The van der Waals surface area contributed by atoms with Crippen molar-refractivity contribution in [2.75, 3.05) is 0 Å². The Labute approximate surface area is 108 Å². The fourth-order valence-electron chi connectivity index (χ4n) is 0.453. The molecular formula is C6H9BF3K. The van der Waals surface area contributed by atoms with Crippen LogP contribution in [0.4, 0.5) is 12.9 Å². The third-order valence-corrected chi connectivity index (χ3v) is 0.921. The van der Waals surface area contributed by atoms with Gasteiger partial charge in [0.05, 0.1) is 0 Å². The maximum absolute atomic E-state index is 11.4. The average molecular weight is 188 g/mol. The fourth-order valence-corrected chi connectivity index (χ4v) is 0.453. The third-order valence-electron chi connectivity index (χ3n) is 0.921. The van der Waals surface area contributed by atoms with E-state index in [1.165, 1.54) is 5.82 Å². The van der Waals surface area contributed by atoms with Gasteiger partial charge in [0.15, 0.2) is 0 Å². The molecule has 0 saturated heterocycles. The predicted molar refractivity (Wildman–Crippen MR) is 36.4 cm³/mol. The second kappa shape index (κ2) is 7.69. The Morgan fingerprint density at radius 1 is 1.27 bits per heavy atom. The molecule has 58 valence electrons. The van der Waals surface area contributed by atoms with Gasteiger partial charge in [0.1, 0.15) is 0 Å². The molecule has 0 aromatic heterocycles. The number of hydrogen-bond donors (Lipinski definition) is 0. The summed E-state index contributed by atoms with van der Waals surface area (Å²) < 4.78 is 34.1. The van der Waals surface area contributed by atoms with Crippen LogP contribution < -0.4 is 51.4 Å². The van der Waals surface area contributed by atoms with E-state index in [4.69, 9.17) is 0 Å². The number of hydrogen-bond acceptors (Lipinski definition) is 0. The predicted octanol–water partition coefficient (Wildman–Crippen LogP) is -0.429. The van der Waals surface area contributed by atoms with E-state index in [1.54, 1.807) is 0 Å². The van der Waals surface area contributed by atoms with Crippen LogP contribution in [0.5, 0.6) is 0 Å². The molecule has 11 heavy (non-hydrogen) atoms. The standard InChI is InChI=1S/C6H9BF3.K/c1-2-3-4-5-6-7(8,9)10;/h2-4H2,1H3;/q-1;+1. The van der Waals surface area contributed by atoms with Crippen LogP contribution in [0.15, 0.2) is 0 Å². The Bertz CT molecular complexity index is 144. The zero-order chi connectivity index (χ0) is 8.04. The van der Waals surface area contributed by atoms with Gasteiger partial charge in [-0.2, -0.15) is 0 Å². The smallest absolute Gasteiger partial charge is 0.438 e. The molecule has 0 heterocycles. The summed E-state index contributed by atoms with van der Waals surface area (Å²) in [5.41, 5.74) is 0. The molecule has 0 saturated carbocycles. The van der Waals surface area contributed by atoms with Crippen LogP contribution in [-0.4, -0.2) is 6.98 Å². The van der Waals surface area contributed by atoms with E-state index in [2.05, 4.69) is 5.92 Å². The van der Waals surface area contributed by atoms with Crippen molar-refractivity contribution >= 4 is 6.98 Å². The third kappa shape index (κ3) is 14.0. The SMILES string of the molecule is CCCCC#C[B-](F)(F)F.[K+]. The van der Waals surface area contributed by atoms with Crippen molar-refractivity contribution in [2.45, 2.75) is 26.2 Å². The van der Waals surface area contributed by atoms with Gasteiger partial charge >= 0.3 is 58.4 Å². The van der Waals surface area contributed by atoms with E-state index in [1.807, 2.05) is 6.92 Å². The van der Waals surface area contributed by atoms with Crippen LogP contribution in [0.2, 0.25) is 0 Å². The van der Waals surface area contributed by atoms with E-state index in [9.17, 15) is 12.9 Å². The summed E-state index contributed by atoms with van der Waals surface area (Å²) in [7, 11) is 0. The topological polar surface area (TPSA) is 0 Å². The van der Waals surface area contributed by atoms with Gasteiger partial charge in [-0.05, 0) is 6.42 Å². The molecule has 0 aliphatic rings. The van der Waals surface area contributed by atoms with Gasteiger partial charge in [-0.15, -0.1) is 5.92 Å². The molecule has 0 aliphatic heterocycles. The van der Waals surface area contributed by atoms with Gasteiger partial charge in [0.2, 0.25) is 0 Å². The summed E-state index contributed by atoms with van der Waals surface area (Å²) in [5.74, 6) is 3.35. The Kier molecular flexibility index (Phi) is 10.2. The Morgan fingerprint density at radius 3 is 2.18 bits per heavy atom. The van der Waals surface area contributed by atoms with Gasteiger partial charge in [0.25, 0.3) is 0 Å². The average Bonchev–Trinajstić information content (AvgIpc) is 1.78. The molecule has 0 fully saturated rings. The second-order valence-corrected chi connectivity index (χ2v) is 2.00. The number of rotatable bonds is 2. The van der Waals surface area contributed by atoms with Crippen molar-refractivity contribution in [3.63, 3.8) is 0 Å². The minimum atomic E-state index is -4.88. The summed E-state index contributed by atoms with van der Waals surface area (Å²) >= 11 is 0. The van der Waals surface area contributed by atoms with Crippen LogP contribution in [0.3, 0.4) is 0 Å². The van der Waals surface area contributed by atoms with Crippen molar-refractivity contribution in [2.24, 2.45) is 0 Å². The molecule has 0 spiro atoms. The molecule has 0 unspecified atom stereocenters. The first-order chi connectivity index (χ1) is 4.56. The van der Waals surface area contributed by atoms with Crippen molar-refractivity contribution in [3.05, 3.63) is 0 Å². The maximum Gasteiger partial charge on any atom is 1.00 e. The summed E-state index contributed by atoms with van der Waals surface area (Å²) in [5, 5.41) is 0. The molecule has 0 atom stereocenters. The molecule has 0 radical (unpaired) electrons. The molecule has 0 bridgehead atoms. The minimum Gasteiger partial charge on any atom is -0.438 e. The number of unbranched alkanes of at least 4 members (excludes halogenated alkanes) is 2. The van der Waals surface area contributed by atoms with Gasteiger partial charge in [-0.1, -0.05) is 13.3 Å². The maximum atomic E-state index is 11.4. The van der Waals surface area contributed by atoms with Gasteiger partial charge < -0.3 is 12.9 Å². The largest absolute Gasteiger partial charge is 1.00 e. The van der Waals surface area contributed by atoms with Crippen LogP contribution >= 0.6 is 0 Å². The second-order valence-electron chi connectivity index (χ2n) is 2.00. The van der Waals surface area contributed by atoms with E-state index >= 15 is 0 Å². The van der Waals surface area contributed by atoms with Crippen molar-refractivity contribution in [3.8, 4) is 11.7 Å². The molecule has 0 N–H and O–H groups in total. The Morgan fingerprint density at radius 2 is 1.82 bits per heavy atom. The fraction of sp³-hybridized carbons (Fsp3) is 0.667. The van der Waals surface area contributed by atoms with Crippen LogP contribution in [0, 0.1) is 11.7 Å². The van der Waals surface area contributed by atoms with Crippen molar-refractivity contribution in [1.82, 2.24) is 0 Å². The first-order valence-electron chi connectivity index (χ1n) is 3.25. The van der Waals surface area contributed by atoms with E-state index < -0.39 is 6.98 Å². The normalized spacial score (nSPS) is 9.45. The van der Waals surface area contributed by atoms with Gasteiger partial charge in [-0.25, -0.2) is 5.82 Å². The molecule has 0 amide bonds. The summed E-state index contributed by atoms with van der Waals surface area (Å²) in [6, 6.07) is 0. The molecule has 0 nitrogen and oxygen atoms in total. The van der Waals surface area contributed by atoms with Crippen LogP contribution in [0.25, 0.3) is 0 Å². The monoisotopic (exact) mass is 188 g/mol. The van der Waals surface area contributed by atoms with Crippen molar-refractivity contribution < 1.29 is 64.3 Å². The Hall–Kier alpha value is 1.05. The quantitative estimate of drug-likeness (QED) is 0.313. The molecule has 0 aliphatic carbocycles. The zero-order valence-corrected chi connectivity index (χ0v) is 9.96. The minimum absolute atomic E-state index is 0. The van der Waals surface area contributed by atoms with Crippen LogP contribution in [0.1, 0.15) is 26.2 Å². The molecule has 5 heteroatoms. The summed E-state index contributed by atoms with van der Waals surface area (Å²) in [6.07, 6.45) is 2.00. The number of halogens is 3. The van der Waals surface area contributed by atoms with Crippen LogP contribution in [-0.2, 0) is 0 Å². The molecular weight excluding hydrogens is 179 g/mol. The Balaban J connectivity index is 0. The first-order valence-corrected chi connectivity index (χ1v) is 3.25. The molecule has 0 aromatic rings. The van der Waals surface area contributed by atoms with E-state index in [0.717, 1.165) is 12.8 Å². The first kappa shape index (κ1) is 14.6. The van der Waals surface area contributed by atoms with Crippen molar-refractivity contribution in [1.29, 1.82) is 0 Å². The molecule has 0 rings (SSSR count). The summed E-state index contributed by atoms with van der Waals surface area (Å²) in [4.78, 5) is 0.